The van der Waals surface area contributed by atoms with E-state index in [0.717, 1.165) is 9.13 Å². The Hall–Kier alpha value is -3.47. The summed E-state index contributed by atoms with van der Waals surface area (Å²) >= 11 is 6.30. The largest absolute Gasteiger partial charge is 0.493 e. The molecule has 3 heterocycles. The Labute approximate surface area is 214 Å². The summed E-state index contributed by atoms with van der Waals surface area (Å²) < 4.78 is 42.0. The van der Waals surface area contributed by atoms with Gasteiger partial charge in [0.15, 0.2) is 17.8 Å². The van der Waals surface area contributed by atoms with E-state index in [9.17, 15) is 27.6 Å². The second-order valence-electron chi connectivity index (χ2n) is 8.39. The van der Waals surface area contributed by atoms with Gasteiger partial charge in [0.05, 0.1) is 13.1 Å². The zero-order valence-electron chi connectivity index (χ0n) is 20.0. The molecule has 1 aromatic heterocycles. The van der Waals surface area contributed by atoms with Crippen LogP contribution in [0.3, 0.4) is 0 Å². The van der Waals surface area contributed by atoms with E-state index in [1.807, 2.05) is 0 Å². The van der Waals surface area contributed by atoms with E-state index in [-0.39, 0.29) is 24.6 Å². The predicted octanol–water partition coefficient (Wildman–Crippen LogP) is 1.11. The Balaban J connectivity index is 1.98. The molecule has 0 aliphatic carbocycles. The van der Waals surface area contributed by atoms with Gasteiger partial charge in [-0.1, -0.05) is 35.7 Å². The van der Waals surface area contributed by atoms with Gasteiger partial charge in [0.2, 0.25) is 0 Å². The van der Waals surface area contributed by atoms with Gasteiger partial charge in [-0.05, 0) is 18.6 Å². The van der Waals surface area contributed by atoms with E-state index in [4.69, 9.17) is 16.4 Å². The number of rotatable bonds is 5. The number of carbonyl (C=O) groups excluding carboxylic acids is 1. The molecule has 0 radical (unpaired) electrons. The summed E-state index contributed by atoms with van der Waals surface area (Å²) in [6.07, 6.45) is -6.48. The van der Waals surface area contributed by atoms with Crippen LogP contribution in [0.2, 0.25) is 5.02 Å². The van der Waals surface area contributed by atoms with Crippen molar-refractivity contribution in [1.82, 2.24) is 19.4 Å². The second-order valence-corrected chi connectivity index (χ2v) is 8.79. The first kappa shape index (κ1) is 26.6. The molecule has 10 nitrogen and oxygen atoms in total. The summed E-state index contributed by atoms with van der Waals surface area (Å²) in [5.74, 6) is 2.77. The number of hydrogen-bond acceptors (Lipinski definition) is 8. The smallest absolute Gasteiger partial charge is 0.327 e. The van der Waals surface area contributed by atoms with Crippen LogP contribution in [0.1, 0.15) is 12.5 Å². The lowest BCUT2D eigenvalue weighted by atomic mass is 10.2. The molecular formula is C23H24ClF3N6O4. The quantitative estimate of drug-likeness (QED) is 0.564. The Morgan fingerprint density at radius 1 is 1.22 bits per heavy atom. The van der Waals surface area contributed by atoms with Crippen molar-refractivity contribution in [2.45, 2.75) is 25.9 Å². The SMILES string of the molecule is CC#CCN1c2c(n(Cc3ccccc3Cl)c(=O)n(C)c2=O)N(OC(=O)C(F)(F)F)C1N1CCNCC1. The van der Waals surface area contributed by atoms with Gasteiger partial charge in [-0.2, -0.15) is 13.2 Å². The predicted molar refractivity (Wildman–Crippen MR) is 130 cm³/mol. The molecule has 37 heavy (non-hydrogen) atoms. The molecule has 14 heteroatoms. The first-order valence-electron chi connectivity index (χ1n) is 11.3. The molecular weight excluding hydrogens is 517 g/mol. The van der Waals surface area contributed by atoms with Crippen molar-refractivity contribution in [3.63, 3.8) is 0 Å². The molecule has 0 saturated carbocycles. The molecule has 1 N–H and O–H groups in total. The van der Waals surface area contributed by atoms with Gasteiger partial charge in [-0.25, -0.2) is 9.59 Å². The number of piperazine rings is 1. The van der Waals surface area contributed by atoms with Gasteiger partial charge in [0.25, 0.3) is 5.56 Å². The highest BCUT2D eigenvalue weighted by atomic mass is 35.5. The number of hydrogen-bond donors (Lipinski definition) is 1. The van der Waals surface area contributed by atoms with Crippen molar-refractivity contribution < 1.29 is 22.8 Å². The van der Waals surface area contributed by atoms with Gasteiger partial charge >= 0.3 is 17.8 Å². The van der Waals surface area contributed by atoms with E-state index >= 15 is 0 Å². The van der Waals surface area contributed by atoms with Crippen LogP contribution in [-0.2, 0) is 23.2 Å². The van der Waals surface area contributed by atoms with Crippen molar-refractivity contribution >= 4 is 29.1 Å². The van der Waals surface area contributed by atoms with E-state index in [2.05, 4.69) is 17.2 Å². The van der Waals surface area contributed by atoms with Crippen LogP contribution >= 0.6 is 11.6 Å². The molecule has 0 spiro atoms. The fourth-order valence-corrected chi connectivity index (χ4v) is 4.52. The van der Waals surface area contributed by atoms with Crippen molar-refractivity contribution in [3.05, 3.63) is 55.7 Å². The number of carbonyl (C=O) groups is 1. The van der Waals surface area contributed by atoms with E-state index in [1.165, 1.54) is 11.9 Å². The van der Waals surface area contributed by atoms with Crippen LogP contribution in [0.15, 0.2) is 33.9 Å². The third-order valence-corrected chi connectivity index (χ3v) is 6.45. The standard InChI is InChI=1S/C23H24ClF3N6O4/c1-3-4-11-31-17-18(32(22(36)29(2)19(17)34)14-15-7-5-6-8-16(15)24)33(37-20(35)23(25,26)27)21(31)30-12-9-28-10-13-30/h5-8,21,28H,9-14H2,1-2H3. The Morgan fingerprint density at radius 3 is 2.51 bits per heavy atom. The minimum Gasteiger partial charge on any atom is -0.327 e. The van der Waals surface area contributed by atoms with Crippen molar-refractivity contribution in [2.24, 2.45) is 7.05 Å². The lowest BCUT2D eigenvalue weighted by Gasteiger charge is -2.40. The fraction of sp³-hybridized carbons (Fsp3) is 0.435. The molecule has 0 amide bonds. The molecule has 1 unspecified atom stereocenters. The Kier molecular flexibility index (Phi) is 7.54. The number of aromatic nitrogens is 2. The summed E-state index contributed by atoms with van der Waals surface area (Å²) in [6, 6.07) is 6.60. The summed E-state index contributed by atoms with van der Waals surface area (Å²) in [5.41, 5.74) is -1.23. The Bertz CT molecular complexity index is 1370. The maximum atomic E-state index is 13.4. The highest BCUT2D eigenvalue weighted by Gasteiger charge is 2.50. The number of benzene rings is 1. The average molecular weight is 541 g/mol. The monoisotopic (exact) mass is 540 g/mol. The second kappa shape index (κ2) is 10.5. The molecule has 2 aliphatic heterocycles. The molecule has 1 saturated heterocycles. The number of fused-ring (bicyclic) bond motifs is 1. The first-order valence-corrected chi connectivity index (χ1v) is 11.7. The van der Waals surface area contributed by atoms with Gasteiger partial charge in [0, 0.05) is 38.2 Å². The Morgan fingerprint density at radius 2 is 1.89 bits per heavy atom. The summed E-state index contributed by atoms with van der Waals surface area (Å²) in [5, 5.41) is 4.16. The minimum absolute atomic E-state index is 0.0717. The number of alkyl halides is 3. The molecule has 2 aliphatic rings. The molecule has 0 bridgehead atoms. The maximum absolute atomic E-state index is 13.4. The third-order valence-electron chi connectivity index (χ3n) is 6.08. The van der Waals surface area contributed by atoms with E-state index in [1.54, 1.807) is 36.1 Å². The maximum Gasteiger partial charge on any atom is 0.493 e. The van der Waals surface area contributed by atoms with Crippen LogP contribution in [0.25, 0.3) is 0 Å². The normalized spacial score (nSPS) is 17.8. The number of nitrogens with zero attached hydrogens (tertiary/aromatic N) is 5. The van der Waals surface area contributed by atoms with Crippen molar-refractivity contribution in [3.8, 4) is 11.8 Å². The highest BCUT2D eigenvalue weighted by Crippen LogP contribution is 2.39. The summed E-state index contributed by atoms with van der Waals surface area (Å²) in [6.45, 7) is 3.05. The van der Waals surface area contributed by atoms with Crippen molar-refractivity contribution in [2.75, 3.05) is 42.7 Å². The van der Waals surface area contributed by atoms with Gasteiger partial charge < -0.3 is 15.1 Å². The van der Waals surface area contributed by atoms with Crippen LogP contribution < -0.4 is 26.5 Å². The van der Waals surface area contributed by atoms with Gasteiger partial charge in [-0.15, -0.1) is 11.0 Å². The molecule has 198 valence electrons. The molecule has 1 aromatic carbocycles. The van der Waals surface area contributed by atoms with Crippen LogP contribution in [0.4, 0.5) is 24.7 Å². The minimum atomic E-state index is -5.32. The lowest BCUT2D eigenvalue weighted by molar-refractivity contribution is -0.203. The number of nitrogens with one attached hydrogen (secondary N) is 1. The number of halogens is 4. The number of hydroxylamine groups is 1. The molecule has 1 atom stereocenters. The van der Waals surface area contributed by atoms with E-state index in [0.29, 0.717) is 41.8 Å². The molecule has 2 aromatic rings. The summed E-state index contributed by atoms with van der Waals surface area (Å²) in [4.78, 5) is 46.9. The zero-order valence-corrected chi connectivity index (χ0v) is 20.8. The first-order chi connectivity index (χ1) is 17.6. The topological polar surface area (TPSA) is 92.0 Å². The van der Waals surface area contributed by atoms with Gasteiger partial charge in [-0.3, -0.25) is 18.8 Å². The average Bonchev–Trinajstić information content (AvgIpc) is 3.18. The third kappa shape index (κ3) is 5.04. The van der Waals surface area contributed by atoms with Crippen LogP contribution in [0, 0.1) is 11.8 Å². The lowest BCUT2D eigenvalue weighted by Crippen LogP contribution is -2.61. The van der Waals surface area contributed by atoms with Gasteiger partial charge in [0.1, 0.15) is 0 Å². The number of anilines is 2. The highest BCUT2D eigenvalue weighted by molar-refractivity contribution is 6.31. The fourth-order valence-electron chi connectivity index (χ4n) is 4.32. The van der Waals surface area contributed by atoms with Crippen molar-refractivity contribution in [1.29, 1.82) is 0 Å². The molecule has 1 fully saturated rings. The zero-order chi connectivity index (χ0) is 26.9. The van der Waals surface area contributed by atoms with Crippen LogP contribution in [0.5, 0.6) is 0 Å². The summed E-state index contributed by atoms with van der Waals surface area (Å²) in [7, 11) is 1.27. The molecule has 4 rings (SSSR count). The van der Waals surface area contributed by atoms with E-state index < -0.39 is 29.7 Å². The van der Waals surface area contributed by atoms with Crippen LogP contribution in [-0.4, -0.2) is 65.2 Å².